The number of carbonyl (C=O) groups is 1. The molecule has 150 valence electrons. The fraction of sp³-hybridized carbons (Fsp3) is 0.222. The molecule has 1 N–H and O–H groups in total. The van der Waals surface area contributed by atoms with E-state index in [0.717, 1.165) is 20.6 Å². The van der Waals surface area contributed by atoms with Gasteiger partial charge in [-0.1, -0.05) is 39.7 Å². The normalized spacial score (nSPS) is 11.8. The number of hydrazone groups is 1. The number of halogens is 2. The number of sulfonamides is 1. The molecular weight excluding hydrogens is 470 g/mol. The zero-order valence-electron chi connectivity index (χ0n) is 15.4. The molecule has 0 aliphatic carbocycles. The van der Waals surface area contributed by atoms with Crippen LogP contribution < -0.4 is 14.5 Å². The van der Waals surface area contributed by atoms with Crippen LogP contribution in [0.4, 0.5) is 5.69 Å². The molecule has 0 bridgehead atoms. The molecule has 0 fully saturated rings. The van der Waals surface area contributed by atoms with Gasteiger partial charge in [0.15, 0.2) is 0 Å². The van der Waals surface area contributed by atoms with E-state index < -0.39 is 22.5 Å². The summed E-state index contributed by atoms with van der Waals surface area (Å²) in [4.78, 5) is 12.4. The standard InChI is InChI=1S/C18H19BrClN3O4S/c1-12(13-5-4-6-14(19)9-13)21-22-18(24)11-23(28(3,25)26)16-10-15(20)7-8-17(16)27-2/h4-10H,11H2,1-3H3,(H,22,24)/b21-12-. The Morgan fingerprint density at radius 2 is 2.00 bits per heavy atom. The second kappa shape index (κ2) is 9.40. The molecule has 2 aromatic carbocycles. The van der Waals surface area contributed by atoms with Crippen molar-refractivity contribution in [3.8, 4) is 5.75 Å². The van der Waals surface area contributed by atoms with Crippen molar-refractivity contribution >= 4 is 54.9 Å². The lowest BCUT2D eigenvalue weighted by Crippen LogP contribution is -2.39. The first-order valence-corrected chi connectivity index (χ1v) is 11.0. The third-order valence-corrected chi connectivity index (χ3v) is 5.54. The van der Waals surface area contributed by atoms with Crippen molar-refractivity contribution in [1.82, 2.24) is 5.43 Å². The first-order chi connectivity index (χ1) is 13.1. The van der Waals surface area contributed by atoms with Crippen LogP contribution in [0.3, 0.4) is 0 Å². The molecule has 0 saturated heterocycles. The highest BCUT2D eigenvalue weighted by molar-refractivity contribution is 9.10. The fourth-order valence-corrected chi connectivity index (χ4v) is 3.75. The van der Waals surface area contributed by atoms with Crippen LogP contribution in [0.5, 0.6) is 5.75 Å². The Bertz CT molecular complexity index is 1010. The van der Waals surface area contributed by atoms with Crippen LogP contribution in [0.15, 0.2) is 52.0 Å². The SMILES string of the molecule is COc1ccc(Cl)cc1N(CC(=O)N/N=C(/C)c1cccc(Br)c1)S(C)(=O)=O. The predicted octanol–water partition coefficient (Wildman–Crippen LogP) is 3.42. The van der Waals surface area contributed by atoms with Gasteiger partial charge in [-0.05, 0) is 42.8 Å². The summed E-state index contributed by atoms with van der Waals surface area (Å²) in [5, 5.41) is 4.36. The van der Waals surface area contributed by atoms with Crippen molar-refractivity contribution < 1.29 is 17.9 Å². The maximum absolute atomic E-state index is 12.4. The minimum atomic E-state index is -3.78. The molecule has 0 radical (unpaired) electrons. The van der Waals surface area contributed by atoms with E-state index in [0.29, 0.717) is 10.7 Å². The van der Waals surface area contributed by atoms with Gasteiger partial charge in [0, 0.05) is 9.50 Å². The Morgan fingerprint density at radius 1 is 1.29 bits per heavy atom. The molecule has 2 aromatic rings. The highest BCUT2D eigenvalue weighted by atomic mass is 79.9. The monoisotopic (exact) mass is 487 g/mol. The molecule has 7 nitrogen and oxygen atoms in total. The molecule has 0 heterocycles. The van der Waals surface area contributed by atoms with E-state index in [1.54, 1.807) is 13.0 Å². The lowest BCUT2D eigenvalue weighted by Gasteiger charge is -2.23. The lowest BCUT2D eigenvalue weighted by molar-refractivity contribution is -0.119. The van der Waals surface area contributed by atoms with Gasteiger partial charge in [-0.2, -0.15) is 5.10 Å². The van der Waals surface area contributed by atoms with Crippen LogP contribution in [0.25, 0.3) is 0 Å². The van der Waals surface area contributed by atoms with E-state index in [-0.39, 0.29) is 11.4 Å². The smallest absolute Gasteiger partial charge is 0.260 e. The Labute approximate surface area is 177 Å². The average Bonchev–Trinajstić information content (AvgIpc) is 2.63. The summed E-state index contributed by atoms with van der Waals surface area (Å²) < 4.78 is 31.5. The summed E-state index contributed by atoms with van der Waals surface area (Å²) in [7, 11) is -2.38. The fourth-order valence-electron chi connectivity index (χ4n) is 2.33. The minimum absolute atomic E-state index is 0.167. The molecule has 0 atom stereocenters. The minimum Gasteiger partial charge on any atom is -0.495 e. The van der Waals surface area contributed by atoms with E-state index >= 15 is 0 Å². The van der Waals surface area contributed by atoms with Gasteiger partial charge in [-0.3, -0.25) is 9.10 Å². The van der Waals surface area contributed by atoms with Crippen molar-refractivity contribution in [3.05, 3.63) is 57.5 Å². The number of carbonyl (C=O) groups excluding carboxylic acids is 1. The third kappa shape index (κ3) is 5.95. The van der Waals surface area contributed by atoms with Gasteiger partial charge in [0.2, 0.25) is 10.0 Å². The number of hydrogen-bond acceptors (Lipinski definition) is 5. The number of ether oxygens (including phenoxy) is 1. The average molecular weight is 489 g/mol. The maximum atomic E-state index is 12.4. The van der Waals surface area contributed by atoms with E-state index in [4.69, 9.17) is 16.3 Å². The summed E-state index contributed by atoms with van der Waals surface area (Å²) in [6.07, 6.45) is 0.997. The second-order valence-electron chi connectivity index (χ2n) is 5.83. The van der Waals surface area contributed by atoms with Gasteiger partial charge in [-0.15, -0.1) is 0 Å². The summed E-state index contributed by atoms with van der Waals surface area (Å²) in [6, 6.07) is 11.9. The molecule has 0 aliphatic rings. The summed E-state index contributed by atoms with van der Waals surface area (Å²) in [5.41, 5.74) is 3.93. The lowest BCUT2D eigenvalue weighted by atomic mass is 10.1. The van der Waals surface area contributed by atoms with E-state index in [2.05, 4.69) is 26.5 Å². The molecule has 0 spiro atoms. The molecule has 2 rings (SSSR count). The first kappa shape index (κ1) is 22.2. The van der Waals surface area contributed by atoms with Gasteiger partial charge < -0.3 is 4.74 Å². The summed E-state index contributed by atoms with van der Waals surface area (Å²) in [6.45, 7) is 1.25. The van der Waals surface area contributed by atoms with Crippen LogP contribution in [0.1, 0.15) is 12.5 Å². The van der Waals surface area contributed by atoms with Crippen LogP contribution in [0.2, 0.25) is 5.02 Å². The van der Waals surface area contributed by atoms with E-state index in [9.17, 15) is 13.2 Å². The summed E-state index contributed by atoms with van der Waals surface area (Å²) in [5.74, 6) is -0.335. The van der Waals surface area contributed by atoms with Crippen LogP contribution in [-0.2, 0) is 14.8 Å². The number of methoxy groups -OCH3 is 1. The Balaban J connectivity index is 2.23. The molecule has 1 amide bonds. The van der Waals surface area contributed by atoms with Crippen molar-refractivity contribution in [2.45, 2.75) is 6.92 Å². The number of amides is 1. The third-order valence-electron chi connectivity index (χ3n) is 3.69. The number of benzene rings is 2. The summed E-state index contributed by atoms with van der Waals surface area (Å²) >= 11 is 9.36. The van der Waals surface area contributed by atoms with Crippen molar-refractivity contribution in [3.63, 3.8) is 0 Å². The van der Waals surface area contributed by atoms with E-state index in [1.165, 1.54) is 19.2 Å². The topological polar surface area (TPSA) is 88.1 Å². The molecule has 0 aliphatic heterocycles. The van der Waals surface area contributed by atoms with E-state index in [1.807, 2.05) is 24.3 Å². The zero-order chi connectivity index (χ0) is 20.9. The van der Waals surface area contributed by atoms with Crippen LogP contribution in [-0.4, -0.2) is 39.9 Å². The maximum Gasteiger partial charge on any atom is 0.260 e. The van der Waals surface area contributed by atoms with Crippen molar-refractivity contribution in [2.24, 2.45) is 5.10 Å². The van der Waals surface area contributed by atoms with Gasteiger partial charge in [0.05, 0.1) is 24.8 Å². The molecule has 0 aromatic heterocycles. The molecule has 0 saturated carbocycles. The van der Waals surface area contributed by atoms with Gasteiger partial charge >= 0.3 is 0 Å². The highest BCUT2D eigenvalue weighted by Crippen LogP contribution is 2.32. The predicted molar refractivity (Wildman–Crippen MR) is 115 cm³/mol. The number of nitrogens with one attached hydrogen (secondary N) is 1. The number of anilines is 1. The number of rotatable bonds is 7. The van der Waals surface area contributed by atoms with Gasteiger partial charge in [0.1, 0.15) is 12.3 Å². The van der Waals surface area contributed by atoms with Gasteiger partial charge in [-0.25, -0.2) is 13.8 Å². The Hall–Kier alpha value is -2.10. The Kier molecular flexibility index (Phi) is 7.45. The molecule has 0 unspecified atom stereocenters. The highest BCUT2D eigenvalue weighted by Gasteiger charge is 2.24. The number of hydrogen-bond donors (Lipinski definition) is 1. The largest absolute Gasteiger partial charge is 0.495 e. The first-order valence-electron chi connectivity index (χ1n) is 8.02. The molecule has 28 heavy (non-hydrogen) atoms. The molecular formula is C18H19BrClN3O4S. The number of nitrogens with zero attached hydrogens (tertiary/aromatic N) is 2. The van der Waals surface area contributed by atoms with Crippen molar-refractivity contribution in [2.75, 3.05) is 24.2 Å². The second-order valence-corrected chi connectivity index (χ2v) is 9.09. The van der Waals surface area contributed by atoms with Crippen LogP contribution >= 0.6 is 27.5 Å². The Morgan fingerprint density at radius 3 is 2.61 bits per heavy atom. The van der Waals surface area contributed by atoms with Gasteiger partial charge in [0.25, 0.3) is 5.91 Å². The zero-order valence-corrected chi connectivity index (χ0v) is 18.6. The molecule has 10 heteroatoms. The van der Waals surface area contributed by atoms with Crippen LogP contribution in [0, 0.1) is 0 Å². The quantitative estimate of drug-likeness (QED) is 0.478. The van der Waals surface area contributed by atoms with Crippen molar-refractivity contribution in [1.29, 1.82) is 0 Å².